The Labute approximate surface area is 175 Å². The number of ether oxygens (including phenoxy) is 1. The number of carbonyl (C=O) groups excluding carboxylic acids is 1. The molecule has 0 bridgehead atoms. The lowest BCUT2D eigenvalue weighted by atomic mass is 10.1. The molecule has 0 saturated carbocycles. The number of rotatable bonds is 3. The smallest absolute Gasteiger partial charge is 0.413 e. The third-order valence-electron chi connectivity index (χ3n) is 4.82. The Hall–Kier alpha value is -3.17. The highest BCUT2D eigenvalue weighted by molar-refractivity contribution is 6.35. The Balaban J connectivity index is 1.73. The van der Waals surface area contributed by atoms with Gasteiger partial charge in [0.1, 0.15) is 0 Å². The first-order chi connectivity index (χ1) is 14.3. The monoisotopic (exact) mass is 433 g/mol. The van der Waals surface area contributed by atoms with Crippen molar-refractivity contribution in [1.82, 2.24) is 9.88 Å². The van der Waals surface area contributed by atoms with Crippen molar-refractivity contribution in [2.75, 3.05) is 38.3 Å². The van der Waals surface area contributed by atoms with Gasteiger partial charge in [0, 0.05) is 37.2 Å². The maximum absolute atomic E-state index is 14.3. The van der Waals surface area contributed by atoms with E-state index in [1.165, 1.54) is 30.1 Å². The molecule has 0 unspecified atom stereocenters. The Morgan fingerprint density at radius 2 is 1.97 bits per heavy atom. The summed E-state index contributed by atoms with van der Waals surface area (Å²) in [4.78, 5) is 30.5. The average Bonchev–Trinajstić information content (AvgIpc) is 3.18. The van der Waals surface area contributed by atoms with Gasteiger partial charge < -0.3 is 19.2 Å². The molecule has 156 valence electrons. The maximum atomic E-state index is 14.3. The second-order valence-corrected chi connectivity index (χ2v) is 7.14. The van der Waals surface area contributed by atoms with E-state index in [-0.39, 0.29) is 16.6 Å². The number of amides is 2. The summed E-state index contributed by atoms with van der Waals surface area (Å²) in [5.41, 5.74) is 0.930. The molecule has 1 N–H and O–H groups in total. The number of halogens is 2. The van der Waals surface area contributed by atoms with Crippen molar-refractivity contribution in [3.63, 3.8) is 0 Å². The van der Waals surface area contributed by atoms with Crippen molar-refractivity contribution in [1.29, 1.82) is 0 Å². The molecule has 1 aromatic carbocycles. The van der Waals surface area contributed by atoms with Crippen molar-refractivity contribution in [2.45, 2.75) is 0 Å². The number of morpholine rings is 1. The Kier molecular flexibility index (Phi) is 5.31. The van der Waals surface area contributed by atoms with Crippen LogP contribution in [0.5, 0.6) is 0 Å². The van der Waals surface area contributed by atoms with Gasteiger partial charge >= 0.3 is 6.09 Å². The number of pyridine rings is 1. The van der Waals surface area contributed by atoms with Crippen LogP contribution in [0.15, 0.2) is 34.7 Å². The molecule has 1 aliphatic rings. The first-order valence-electron chi connectivity index (χ1n) is 9.09. The average molecular weight is 434 g/mol. The summed E-state index contributed by atoms with van der Waals surface area (Å²) in [5.74, 6) is -1.11. The zero-order valence-electron chi connectivity index (χ0n) is 15.9. The number of carboxylic acid groups (broad SMARTS) is 1. The van der Waals surface area contributed by atoms with Crippen LogP contribution in [-0.4, -0.2) is 60.3 Å². The van der Waals surface area contributed by atoms with E-state index in [0.29, 0.717) is 48.5 Å². The van der Waals surface area contributed by atoms with Crippen LogP contribution in [0.1, 0.15) is 10.5 Å². The third kappa shape index (κ3) is 3.69. The number of fused-ring (bicyclic) bond motifs is 1. The zero-order chi connectivity index (χ0) is 21.4. The lowest BCUT2D eigenvalue weighted by Gasteiger charge is -2.26. The van der Waals surface area contributed by atoms with Crippen molar-refractivity contribution in [3.8, 4) is 11.3 Å². The molecular formula is C20H17ClFN3O5. The number of furan rings is 1. The van der Waals surface area contributed by atoms with Gasteiger partial charge in [-0.3, -0.25) is 9.69 Å². The standard InChI is InChI=1S/C20H17ClFN3O5/c1-24(20(27)28)16-10-12-8-11(9-13(21)18(12)30-16)15-3-2-14(22)17(23-15)19(26)25-4-6-29-7-5-25/h2-3,8-10H,4-7H2,1H3,(H,27,28). The minimum Gasteiger partial charge on any atom is -0.465 e. The van der Waals surface area contributed by atoms with Gasteiger partial charge in [-0.25, -0.2) is 14.2 Å². The summed E-state index contributed by atoms with van der Waals surface area (Å²) in [6, 6.07) is 7.43. The lowest BCUT2D eigenvalue weighted by molar-refractivity contribution is 0.0296. The molecule has 1 saturated heterocycles. The first-order valence-corrected chi connectivity index (χ1v) is 9.46. The minimum atomic E-state index is -1.18. The molecule has 0 spiro atoms. The van der Waals surface area contributed by atoms with Gasteiger partial charge in [-0.2, -0.15) is 0 Å². The van der Waals surface area contributed by atoms with Gasteiger partial charge in [-0.15, -0.1) is 0 Å². The Bertz CT molecular complexity index is 1140. The quantitative estimate of drug-likeness (QED) is 0.673. The highest BCUT2D eigenvalue weighted by atomic mass is 35.5. The second-order valence-electron chi connectivity index (χ2n) is 6.73. The number of anilines is 1. The van der Waals surface area contributed by atoms with Crippen molar-refractivity contribution < 1.29 is 28.2 Å². The molecule has 2 aromatic heterocycles. The lowest BCUT2D eigenvalue weighted by Crippen LogP contribution is -2.41. The highest BCUT2D eigenvalue weighted by Gasteiger charge is 2.24. The van der Waals surface area contributed by atoms with Gasteiger partial charge in [0.05, 0.1) is 23.9 Å². The zero-order valence-corrected chi connectivity index (χ0v) is 16.6. The van der Waals surface area contributed by atoms with Gasteiger partial charge in [-0.1, -0.05) is 11.6 Å². The number of aromatic nitrogens is 1. The van der Waals surface area contributed by atoms with Crippen LogP contribution in [0, 0.1) is 5.82 Å². The van der Waals surface area contributed by atoms with Crippen molar-refractivity contribution in [3.05, 3.63) is 46.9 Å². The fourth-order valence-corrected chi connectivity index (χ4v) is 3.44. The number of nitrogens with zero attached hydrogens (tertiary/aromatic N) is 3. The van der Waals surface area contributed by atoms with Crippen LogP contribution in [0.2, 0.25) is 5.02 Å². The van der Waals surface area contributed by atoms with Gasteiger partial charge in [-0.05, 0) is 24.3 Å². The second kappa shape index (κ2) is 7.92. The Morgan fingerprint density at radius 3 is 2.67 bits per heavy atom. The molecule has 3 heterocycles. The van der Waals surface area contributed by atoms with E-state index in [2.05, 4.69) is 4.98 Å². The van der Waals surface area contributed by atoms with Crippen LogP contribution in [-0.2, 0) is 4.74 Å². The fraction of sp³-hybridized carbons (Fsp3) is 0.250. The van der Waals surface area contributed by atoms with Gasteiger partial charge in [0.15, 0.2) is 17.1 Å². The fourth-order valence-electron chi connectivity index (χ4n) is 3.17. The van der Waals surface area contributed by atoms with E-state index in [0.717, 1.165) is 4.90 Å². The van der Waals surface area contributed by atoms with Gasteiger partial charge in [0.25, 0.3) is 5.91 Å². The third-order valence-corrected chi connectivity index (χ3v) is 5.10. The molecule has 8 nitrogen and oxygen atoms in total. The minimum absolute atomic E-state index is 0.104. The molecular weight excluding hydrogens is 417 g/mol. The number of hydrogen-bond acceptors (Lipinski definition) is 5. The SMILES string of the molecule is CN(C(=O)O)c1cc2cc(-c3ccc(F)c(C(=O)N4CCOCC4)n3)cc(Cl)c2o1. The van der Waals surface area contributed by atoms with Crippen LogP contribution in [0.4, 0.5) is 15.1 Å². The predicted molar refractivity (Wildman–Crippen MR) is 108 cm³/mol. The highest BCUT2D eigenvalue weighted by Crippen LogP contribution is 2.35. The first kappa shape index (κ1) is 20.1. The molecule has 4 rings (SSSR count). The van der Waals surface area contributed by atoms with E-state index in [9.17, 15) is 14.0 Å². The summed E-state index contributed by atoms with van der Waals surface area (Å²) in [6.45, 7) is 1.54. The maximum Gasteiger partial charge on any atom is 0.413 e. The largest absolute Gasteiger partial charge is 0.465 e. The topological polar surface area (TPSA) is 96.1 Å². The summed E-state index contributed by atoms with van der Waals surface area (Å²) in [5, 5.41) is 9.91. The normalized spacial score (nSPS) is 14.2. The molecule has 3 aromatic rings. The number of carbonyl (C=O) groups is 2. The van der Waals surface area contributed by atoms with Crippen LogP contribution < -0.4 is 4.90 Å². The van der Waals surface area contributed by atoms with E-state index < -0.39 is 17.8 Å². The molecule has 0 radical (unpaired) electrons. The van der Waals surface area contributed by atoms with Crippen molar-refractivity contribution >= 4 is 40.5 Å². The molecule has 0 atom stereocenters. The Morgan fingerprint density at radius 1 is 1.23 bits per heavy atom. The molecule has 30 heavy (non-hydrogen) atoms. The number of benzene rings is 1. The van der Waals surface area contributed by atoms with E-state index in [1.807, 2.05) is 0 Å². The van der Waals surface area contributed by atoms with Crippen LogP contribution >= 0.6 is 11.6 Å². The summed E-state index contributed by atoms with van der Waals surface area (Å²) >= 11 is 6.31. The molecule has 1 aliphatic heterocycles. The molecule has 10 heteroatoms. The summed E-state index contributed by atoms with van der Waals surface area (Å²) in [6.07, 6.45) is -1.18. The molecule has 0 aliphatic carbocycles. The van der Waals surface area contributed by atoms with E-state index >= 15 is 0 Å². The summed E-state index contributed by atoms with van der Waals surface area (Å²) < 4.78 is 25.1. The molecule has 2 amide bonds. The van der Waals surface area contributed by atoms with E-state index in [4.69, 9.17) is 25.9 Å². The van der Waals surface area contributed by atoms with Gasteiger partial charge in [0.2, 0.25) is 5.88 Å². The van der Waals surface area contributed by atoms with Crippen molar-refractivity contribution in [2.24, 2.45) is 0 Å². The van der Waals surface area contributed by atoms with Crippen LogP contribution in [0.3, 0.4) is 0 Å². The predicted octanol–water partition coefficient (Wildman–Crippen LogP) is 3.87. The number of hydrogen-bond donors (Lipinski definition) is 1. The van der Waals surface area contributed by atoms with Crippen LogP contribution in [0.25, 0.3) is 22.2 Å². The molecule has 1 fully saturated rings. The van der Waals surface area contributed by atoms with E-state index in [1.54, 1.807) is 12.1 Å². The summed E-state index contributed by atoms with van der Waals surface area (Å²) in [7, 11) is 1.35.